The minimum absolute atomic E-state index is 0.196. The first-order valence-corrected chi connectivity index (χ1v) is 6.12. The van der Waals surface area contributed by atoms with Crippen LogP contribution in [0.25, 0.3) is 0 Å². The second-order valence-corrected chi connectivity index (χ2v) is 4.32. The van der Waals surface area contributed by atoms with Crippen molar-refractivity contribution in [2.45, 2.75) is 19.4 Å². The van der Waals surface area contributed by atoms with Gasteiger partial charge >= 0.3 is 0 Å². The maximum Gasteiger partial charge on any atom is 0.138 e. The second-order valence-electron chi connectivity index (χ2n) is 4.32. The van der Waals surface area contributed by atoms with Crippen molar-refractivity contribution < 1.29 is 8.78 Å². The molecule has 0 saturated heterocycles. The van der Waals surface area contributed by atoms with Crippen molar-refractivity contribution in [1.29, 1.82) is 0 Å². The third-order valence-electron chi connectivity index (χ3n) is 2.93. The molecule has 0 fully saturated rings. The van der Waals surface area contributed by atoms with E-state index in [4.69, 9.17) is 0 Å². The quantitative estimate of drug-likeness (QED) is 0.900. The monoisotopic (exact) mass is 266 g/mol. The van der Waals surface area contributed by atoms with Gasteiger partial charge in [0.25, 0.3) is 0 Å². The van der Waals surface area contributed by atoms with E-state index in [-0.39, 0.29) is 6.04 Å². The van der Waals surface area contributed by atoms with Gasteiger partial charge in [-0.3, -0.25) is 4.68 Å². The highest BCUT2D eigenvalue weighted by Crippen LogP contribution is 2.19. The van der Waals surface area contributed by atoms with Crippen molar-refractivity contribution in [3.05, 3.63) is 47.5 Å². The third kappa shape index (κ3) is 3.35. The van der Waals surface area contributed by atoms with E-state index in [9.17, 15) is 8.78 Å². The third-order valence-corrected chi connectivity index (χ3v) is 2.93. The van der Waals surface area contributed by atoms with E-state index in [1.54, 1.807) is 11.7 Å². The molecule has 0 spiro atoms. The Kier molecular flexibility index (Phi) is 4.21. The van der Waals surface area contributed by atoms with Crippen LogP contribution in [0.15, 0.2) is 24.5 Å². The molecule has 0 bridgehead atoms. The Hall–Kier alpha value is -1.82. The summed E-state index contributed by atoms with van der Waals surface area (Å²) in [6.45, 7) is 2.64. The van der Waals surface area contributed by atoms with Crippen LogP contribution in [-0.4, -0.2) is 21.3 Å². The molecule has 2 rings (SSSR count). The molecule has 0 amide bonds. The molecule has 0 aliphatic carbocycles. The highest BCUT2D eigenvalue weighted by atomic mass is 19.1. The molecule has 2 aromatic rings. The van der Waals surface area contributed by atoms with Gasteiger partial charge < -0.3 is 5.32 Å². The molecule has 1 aromatic heterocycles. The molecule has 4 nitrogen and oxygen atoms in total. The summed E-state index contributed by atoms with van der Waals surface area (Å²) in [4.78, 5) is 4.13. The van der Waals surface area contributed by atoms with Gasteiger partial charge in [0.1, 0.15) is 23.8 Å². The van der Waals surface area contributed by atoms with Crippen molar-refractivity contribution in [1.82, 2.24) is 20.1 Å². The Morgan fingerprint density at radius 2 is 1.95 bits per heavy atom. The molecule has 0 aliphatic rings. The molecule has 102 valence electrons. The van der Waals surface area contributed by atoms with E-state index in [1.807, 2.05) is 6.92 Å². The van der Waals surface area contributed by atoms with Crippen molar-refractivity contribution in [3.63, 3.8) is 0 Å². The number of hydrogen-bond donors (Lipinski definition) is 1. The fourth-order valence-corrected chi connectivity index (χ4v) is 2.02. The topological polar surface area (TPSA) is 42.7 Å². The zero-order valence-electron chi connectivity index (χ0n) is 10.9. The van der Waals surface area contributed by atoms with Gasteiger partial charge in [0.05, 0.1) is 0 Å². The average Bonchev–Trinajstić information content (AvgIpc) is 2.73. The van der Waals surface area contributed by atoms with Gasteiger partial charge in [-0.05, 0) is 24.2 Å². The summed E-state index contributed by atoms with van der Waals surface area (Å²) in [7, 11) is 1.79. The van der Waals surface area contributed by atoms with Crippen LogP contribution in [0.3, 0.4) is 0 Å². The maximum atomic E-state index is 13.3. The lowest BCUT2D eigenvalue weighted by Crippen LogP contribution is -2.24. The lowest BCUT2D eigenvalue weighted by Gasteiger charge is -2.18. The molecule has 1 aromatic carbocycles. The van der Waals surface area contributed by atoms with Crippen molar-refractivity contribution in [2.75, 3.05) is 6.54 Å². The number of nitrogens with zero attached hydrogens (tertiary/aromatic N) is 3. The van der Waals surface area contributed by atoms with Crippen LogP contribution >= 0.6 is 0 Å². The van der Waals surface area contributed by atoms with Gasteiger partial charge in [-0.15, -0.1) is 0 Å². The molecule has 19 heavy (non-hydrogen) atoms. The summed E-state index contributed by atoms with van der Waals surface area (Å²) < 4.78 is 28.2. The molecule has 1 unspecified atom stereocenters. The molecular formula is C13H16F2N4. The van der Waals surface area contributed by atoms with Gasteiger partial charge in [-0.25, -0.2) is 13.8 Å². The minimum atomic E-state index is -0.573. The van der Waals surface area contributed by atoms with Crippen LogP contribution < -0.4 is 5.32 Å². The number of halogens is 2. The number of nitrogens with one attached hydrogen (secondary N) is 1. The first-order valence-electron chi connectivity index (χ1n) is 6.12. The average molecular weight is 266 g/mol. The molecule has 0 radical (unpaired) electrons. The second kappa shape index (κ2) is 5.88. The summed E-state index contributed by atoms with van der Waals surface area (Å²) in [5.74, 6) is -0.387. The highest BCUT2D eigenvalue weighted by molar-refractivity contribution is 5.22. The van der Waals surface area contributed by atoms with Gasteiger partial charge in [-0.2, -0.15) is 5.10 Å². The predicted octanol–water partition coefficient (Wildman–Crippen LogP) is 1.99. The standard InChI is InChI=1S/C13H16F2N4/c1-3-16-12(7-13-17-8-18-19(13)2)9-4-10(14)6-11(15)5-9/h4-6,8,12,16H,3,7H2,1-2H3. The molecule has 0 aliphatic heterocycles. The molecule has 1 N–H and O–H groups in total. The van der Waals surface area contributed by atoms with E-state index in [0.717, 1.165) is 11.9 Å². The zero-order valence-corrected chi connectivity index (χ0v) is 10.9. The number of rotatable bonds is 5. The van der Waals surface area contributed by atoms with Gasteiger partial charge in [0.2, 0.25) is 0 Å². The molecule has 6 heteroatoms. The fraction of sp³-hybridized carbons (Fsp3) is 0.385. The normalized spacial score (nSPS) is 12.6. The summed E-state index contributed by atoms with van der Waals surface area (Å²) in [5, 5.41) is 7.19. The van der Waals surface area contributed by atoms with Gasteiger partial charge in [0, 0.05) is 25.6 Å². The predicted molar refractivity (Wildman–Crippen MR) is 67.5 cm³/mol. The Morgan fingerprint density at radius 3 is 2.47 bits per heavy atom. The summed E-state index contributed by atoms with van der Waals surface area (Å²) in [6, 6.07) is 3.35. The molecule has 0 saturated carbocycles. The van der Waals surface area contributed by atoms with Crippen molar-refractivity contribution in [3.8, 4) is 0 Å². The lowest BCUT2D eigenvalue weighted by molar-refractivity contribution is 0.509. The number of aryl methyl sites for hydroxylation is 1. The highest BCUT2D eigenvalue weighted by Gasteiger charge is 2.16. The van der Waals surface area contributed by atoms with Crippen LogP contribution in [0.1, 0.15) is 24.4 Å². The van der Waals surface area contributed by atoms with E-state index in [1.165, 1.54) is 18.5 Å². The molecule has 1 heterocycles. The van der Waals surface area contributed by atoms with E-state index >= 15 is 0 Å². The Morgan fingerprint density at radius 1 is 1.26 bits per heavy atom. The van der Waals surface area contributed by atoms with E-state index < -0.39 is 11.6 Å². The SMILES string of the molecule is CCNC(Cc1ncnn1C)c1cc(F)cc(F)c1. The van der Waals surface area contributed by atoms with Gasteiger partial charge in [0.15, 0.2) is 0 Å². The first-order chi connectivity index (χ1) is 9.10. The summed E-state index contributed by atoms with van der Waals surface area (Å²) in [6.07, 6.45) is 1.98. The van der Waals surface area contributed by atoms with E-state index in [2.05, 4.69) is 15.4 Å². The minimum Gasteiger partial charge on any atom is -0.310 e. The van der Waals surface area contributed by atoms with Crippen LogP contribution in [0, 0.1) is 11.6 Å². The lowest BCUT2D eigenvalue weighted by atomic mass is 10.0. The first kappa shape index (κ1) is 13.6. The van der Waals surface area contributed by atoms with Crippen LogP contribution in [0.5, 0.6) is 0 Å². The molecule has 1 atom stereocenters. The number of likely N-dealkylation sites (N-methyl/N-ethyl adjacent to an activating group) is 1. The van der Waals surface area contributed by atoms with Crippen LogP contribution in [0.2, 0.25) is 0 Å². The van der Waals surface area contributed by atoms with Crippen LogP contribution in [0.4, 0.5) is 8.78 Å². The van der Waals surface area contributed by atoms with Crippen molar-refractivity contribution >= 4 is 0 Å². The number of aromatic nitrogens is 3. The van der Waals surface area contributed by atoms with Crippen LogP contribution in [-0.2, 0) is 13.5 Å². The Labute approximate surface area is 110 Å². The smallest absolute Gasteiger partial charge is 0.138 e. The largest absolute Gasteiger partial charge is 0.310 e. The Balaban J connectivity index is 2.26. The Bertz CT molecular complexity index is 533. The fourth-order valence-electron chi connectivity index (χ4n) is 2.02. The summed E-state index contributed by atoms with van der Waals surface area (Å²) in [5.41, 5.74) is 0.572. The van der Waals surface area contributed by atoms with E-state index in [0.29, 0.717) is 18.5 Å². The number of benzene rings is 1. The maximum absolute atomic E-state index is 13.3. The molecular weight excluding hydrogens is 250 g/mol. The van der Waals surface area contributed by atoms with Gasteiger partial charge in [-0.1, -0.05) is 6.92 Å². The van der Waals surface area contributed by atoms with Crippen molar-refractivity contribution in [2.24, 2.45) is 7.05 Å². The number of hydrogen-bond acceptors (Lipinski definition) is 3. The zero-order chi connectivity index (χ0) is 13.8. The summed E-state index contributed by atoms with van der Waals surface area (Å²) >= 11 is 0.